The van der Waals surface area contributed by atoms with Crippen LogP contribution in [0.4, 0.5) is 8.78 Å². The SMILES string of the molecule is CCCC1(C)C(CC)C1(F)F. The number of hydrogen-bond acceptors (Lipinski definition) is 0. The Morgan fingerprint density at radius 1 is 1.27 bits per heavy atom. The first-order valence-electron chi connectivity index (χ1n) is 4.38. The van der Waals surface area contributed by atoms with Gasteiger partial charge in [-0.1, -0.05) is 27.2 Å². The van der Waals surface area contributed by atoms with Crippen molar-refractivity contribution in [2.24, 2.45) is 11.3 Å². The van der Waals surface area contributed by atoms with Gasteiger partial charge in [-0.05, 0) is 12.8 Å². The molecule has 2 atom stereocenters. The summed E-state index contributed by atoms with van der Waals surface area (Å²) < 4.78 is 26.1. The van der Waals surface area contributed by atoms with Gasteiger partial charge in [0, 0.05) is 11.3 Å². The lowest BCUT2D eigenvalue weighted by atomic mass is 9.99. The van der Waals surface area contributed by atoms with E-state index in [0.29, 0.717) is 12.8 Å². The molecule has 0 spiro atoms. The maximum absolute atomic E-state index is 13.0. The van der Waals surface area contributed by atoms with Crippen LogP contribution in [0.15, 0.2) is 0 Å². The molecule has 0 aromatic carbocycles. The molecule has 0 bridgehead atoms. The van der Waals surface area contributed by atoms with Gasteiger partial charge in [0.2, 0.25) is 0 Å². The second-order valence-electron chi connectivity index (χ2n) is 3.75. The number of alkyl halides is 2. The van der Waals surface area contributed by atoms with E-state index in [2.05, 4.69) is 0 Å². The first-order valence-corrected chi connectivity index (χ1v) is 4.38. The smallest absolute Gasteiger partial charge is 0.206 e. The highest BCUT2D eigenvalue weighted by atomic mass is 19.3. The fourth-order valence-electron chi connectivity index (χ4n) is 2.24. The van der Waals surface area contributed by atoms with Crippen LogP contribution in [0.5, 0.6) is 0 Å². The molecule has 0 radical (unpaired) electrons. The van der Waals surface area contributed by atoms with Gasteiger partial charge in [-0.15, -0.1) is 0 Å². The monoisotopic (exact) mass is 162 g/mol. The number of rotatable bonds is 3. The molecule has 66 valence electrons. The summed E-state index contributed by atoms with van der Waals surface area (Å²) in [6, 6.07) is 0. The third-order valence-corrected chi connectivity index (χ3v) is 3.06. The molecule has 2 heteroatoms. The highest BCUT2D eigenvalue weighted by molar-refractivity contribution is 5.14. The van der Waals surface area contributed by atoms with E-state index >= 15 is 0 Å². The Kier molecular flexibility index (Phi) is 1.97. The zero-order valence-electron chi connectivity index (χ0n) is 7.45. The minimum absolute atomic E-state index is 0.352. The van der Waals surface area contributed by atoms with E-state index in [4.69, 9.17) is 0 Å². The Balaban J connectivity index is 2.61. The molecular weight excluding hydrogens is 146 g/mol. The van der Waals surface area contributed by atoms with Gasteiger partial charge < -0.3 is 0 Å². The van der Waals surface area contributed by atoms with Crippen LogP contribution in [0.2, 0.25) is 0 Å². The van der Waals surface area contributed by atoms with Crippen LogP contribution >= 0.6 is 0 Å². The number of halogens is 2. The quantitative estimate of drug-likeness (QED) is 0.596. The largest absolute Gasteiger partial charge is 0.257 e. The minimum atomic E-state index is -2.38. The Hall–Kier alpha value is -0.140. The van der Waals surface area contributed by atoms with Crippen molar-refractivity contribution in [1.82, 2.24) is 0 Å². The normalized spacial score (nSPS) is 40.6. The predicted molar refractivity (Wildman–Crippen MR) is 41.7 cm³/mol. The van der Waals surface area contributed by atoms with E-state index in [1.165, 1.54) is 0 Å². The molecule has 0 amide bonds. The van der Waals surface area contributed by atoms with Crippen LogP contribution in [-0.2, 0) is 0 Å². The molecule has 0 nitrogen and oxygen atoms in total. The van der Waals surface area contributed by atoms with Crippen molar-refractivity contribution < 1.29 is 8.78 Å². The van der Waals surface area contributed by atoms with E-state index in [9.17, 15) is 8.78 Å². The summed E-state index contributed by atoms with van der Waals surface area (Å²) in [5.41, 5.74) is -0.670. The van der Waals surface area contributed by atoms with Gasteiger partial charge >= 0.3 is 0 Å². The van der Waals surface area contributed by atoms with Crippen LogP contribution in [0.3, 0.4) is 0 Å². The van der Waals surface area contributed by atoms with Crippen molar-refractivity contribution in [3.05, 3.63) is 0 Å². The molecule has 1 saturated carbocycles. The van der Waals surface area contributed by atoms with E-state index in [1.807, 2.05) is 13.8 Å². The van der Waals surface area contributed by atoms with Gasteiger partial charge in [0.1, 0.15) is 0 Å². The van der Waals surface area contributed by atoms with E-state index in [1.54, 1.807) is 6.92 Å². The third kappa shape index (κ3) is 0.986. The van der Waals surface area contributed by atoms with Gasteiger partial charge in [0.25, 0.3) is 5.92 Å². The maximum Gasteiger partial charge on any atom is 0.257 e. The average Bonchev–Trinajstić information content (AvgIpc) is 2.28. The fourth-order valence-corrected chi connectivity index (χ4v) is 2.24. The summed E-state index contributed by atoms with van der Waals surface area (Å²) in [6.07, 6.45) is 2.14. The molecule has 0 heterocycles. The maximum atomic E-state index is 13.0. The van der Waals surface area contributed by atoms with Gasteiger partial charge in [-0.2, -0.15) is 0 Å². The van der Waals surface area contributed by atoms with E-state index in [0.717, 1.165) is 6.42 Å². The Morgan fingerprint density at radius 3 is 2.09 bits per heavy atom. The van der Waals surface area contributed by atoms with Crippen molar-refractivity contribution >= 4 is 0 Å². The molecule has 0 aromatic rings. The molecular formula is C9H16F2. The predicted octanol–water partition coefficient (Wildman–Crippen LogP) is 3.47. The molecule has 1 aliphatic rings. The van der Waals surface area contributed by atoms with Crippen LogP contribution in [0, 0.1) is 11.3 Å². The van der Waals surface area contributed by atoms with Crippen LogP contribution < -0.4 is 0 Å². The van der Waals surface area contributed by atoms with Crippen LogP contribution in [0.25, 0.3) is 0 Å². The zero-order chi connectivity index (χ0) is 8.70. The lowest BCUT2D eigenvalue weighted by molar-refractivity contribution is 0.0589. The van der Waals surface area contributed by atoms with Gasteiger partial charge in [0.05, 0.1) is 0 Å². The van der Waals surface area contributed by atoms with Gasteiger partial charge in [-0.3, -0.25) is 0 Å². The standard InChI is InChI=1S/C9H16F2/c1-4-6-8(3)7(5-2)9(8,10)11/h7H,4-6H2,1-3H3. The van der Waals surface area contributed by atoms with E-state index < -0.39 is 11.3 Å². The lowest BCUT2D eigenvalue weighted by Crippen LogP contribution is -2.05. The Morgan fingerprint density at radius 2 is 1.82 bits per heavy atom. The molecule has 0 saturated heterocycles. The number of hydrogen-bond donors (Lipinski definition) is 0. The highest BCUT2D eigenvalue weighted by Crippen LogP contribution is 2.69. The van der Waals surface area contributed by atoms with Crippen molar-refractivity contribution in [3.63, 3.8) is 0 Å². The summed E-state index contributed by atoms with van der Waals surface area (Å²) in [5, 5.41) is 0. The second kappa shape index (κ2) is 2.43. The summed E-state index contributed by atoms with van der Waals surface area (Å²) in [7, 11) is 0. The first kappa shape index (κ1) is 8.95. The van der Waals surface area contributed by atoms with Crippen molar-refractivity contribution in [2.75, 3.05) is 0 Å². The van der Waals surface area contributed by atoms with E-state index in [-0.39, 0.29) is 5.92 Å². The van der Waals surface area contributed by atoms with Crippen molar-refractivity contribution in [1.29, 1.82) is 0 Å². The molecule has 0 N–H and O–H groups in total. The fraction of sp³-hybridized carbons (Fsp3) is 1.00. The molecule has 1 fully saturated rings. The first-order chi connectivity index (χ1) is 5.00. The summed E-state index contributed by atoms with van der Waals surface area (Å²) in [6.45, 7) is 5.52. The molecule has 11 heavy (non-hydrogen) atoms. The summed E-state index contributed by atoms with van der Waals surface area (Å²) >= 11 is 0. The summed E-state index contributed by atoms with van der Waals surface area (Å²) in [4.78, 5) is 0. The van der Waals surface area contributed by atoms with Crippen molar-refractivity contribution in [3.8, 4) is 0 Å². The third-order valence-electron chi connectivity index (χ3n) is 3.06. The molecule has 0 aromatic heterocycles. The van der Waals surface area contributed by atoms with Gasteiger partial charge in [-0.25, -0.2) is 8.78 Å². The average molecular weight is 162 g/mol. The summed E-state index contributed by atoms with van der Waals surface area (Å²) in [5.74, 6) is -2.73. The highest BCUT2D eigenvalue weighted by Gasteiger charge is 2.75. The van der Waals surface area contributed by atoms with Crippen molar-refractivity contribution in [2.45, 2.75) is 46.0 Å². The minimum Gasteiger partial charge on any atom is -0.206 e. The molecule has 1 rings (SSSR count). The zero-order valence-corrected chi connectivity index (χ0v) is 7.45. The van der Waals surface area contributed by atoms with Gasteiger partial charge in [0.15, 0.2) is 0 Å². The van der Waals surface area contributed by atoms with Crippen LogP contribution in [0.1, 0.15) is 40.0 Å². The topological polar surface area (TPSA) is 0 Å². The lowest BCUT2D eigenvalue weighted by Gasteiger charge is -2.06. The Bertz CT molecular complexity index is 154. The molecule has 0 aliphatic heterocycles. The Labute approximate surface area is 67.0 Å². The second-order valence-corrected chi connectivity index (χ2v) is 3.75. The van der Waals surface area contributed by atoms with Crippen LogP contribution in [-0.4, -0.2) is 5.92 Å². The molecule has 2 unspecified atom stereocenters. The molecule has 1 aliphatic carbocycles.